The summed E-state index contributed by atoms with van der Waals surface area (Å²) in [7, 11) is 3.29. The van der Waals surface area contributed by atoms with Crippen LogP contribution in [0.2, 0.25) is 0 Å². The molecule has 0 aromatic carbocycles. The van der Waals surface area contributed by atoms with Gasteiger partial charge in [0.05, 0.1) is 13.2 Å². The predicted molar refractivity (Wildman–Crippen MR) is 68.4 cm³/mol. The third-order valence-corrected chi connectivity index (χ3v) is 3.75. The summed E-state index contributed by atoms with van der Waals surface area (Å²) in [6, 6.07) is 3.73. The standard InChI is InChI=1S/C14H21NO3/c1-15-11(9-10-5-3-4-6-10)12-7-8-13(18-12)14(16)17-2/h7-8,10-11,15H,3-6,9H2,1-2H3. The highest BCUT2D eigenvalue weighted by molar-refractivity contribution is 5.86. The molecule has 0 saturated heterocycles. The lowest BCUT2D eigenvalue weighted by Crippen LogP contribution is -2.18. The van der Waals surface area contributed by atoms with Gasteiger partial charge >= 0.3 is 5.97 Å². The van der Waals surface area contributed by atoms with Crippen LogP contribution in [-0.4, -0.2) is 20.1 Å². The molecule has 0 radical (unpaired) electrons. The van der Waals surface area contributed by atoms with E-state index in [1.807, 2.05) is 13.1 Å². The Hall–Kier alpha value is -1.29. The van der Waals surface area contributed by atoms with E-state index in [1.54, 1.807) is 6.07 Å². The van der Waals surface area contributed by atoms with Crippen molar-refractivity contribution in [2.45, 2.75) is 38.1 Å². The zero-order chi connectivity index (χ0) is 13.0. The van der Waals surface area contributed by atoms with E-state index in [9.17, 15) is 4.79 Å². The van der Waals surface area contributed by atoms with Crippen molar-refractivity contribution in [3.8, 4) is 0 Å². The van der Waals surface area contributed by atoms with E-state index in [0.717, 1.165) is 18.1 Å². The Morgan fingerprint density at radius 2 is 2.22 bits per heavy atom. The number of furan rings is 1. The first-order valence-electron chi connectivity index (χ1n) is 6.60. The minimum Gasteiger partial charge on any atom is -0.463 e. The molecule has 1 aliphatic carbocycles. The topological polar surface area (TPSA) is 51.5 Å². The predicted octanol–water partition coefficient (Wildman–Crippen LogP) is 2.91. The van der Waals surface area contributed by atoms with Crippen LogP contribution < -0.4 is 5.32 Å². The fourth-order valence-electron chi connectivity index (χ4n) is 2.71. The molecule has 100 valence electrons. The summed E-state index contributed by atoms with van der Waals surface area (Å²) < 4.78 is 10.2. The monoisotopic (exact) mass is 251 g/mol. The molecule has 1 aromatic rings. The molecule has 0 aliphatic heterocycles. The highest BCUT2D eigenvalue weighted by Crippen LogP contribution is 2.33. The largest absolute Gasteiger partial charge is 0.463 e. The zero-order valence-electron chi connectivity index (χ0n) is 11.1. The van der Waals surface area contributed by atoms with Crippen LogP contribution in [0.1, 0.15) is 54.5 Å². The number of nitrogens with one attached hydrogen (secondary N) is 1. The van der Waals surface area contributed by atoms with Crippen molar-refractivity contribution in [1.82, 2.24) is 5.32 Å². The van der Waals surface area contributed by atoms with Crippen molar-refractivity contribution in [2.75, 3.05) is 14.2 Å². The number of carbonyl (C=O) groups is 1. The number of ether oxygens (including phenoxy) is 1. The second-order valence-corrected chi connectivity index (χ2v) is 4.92. The molecule has 1 N–H and O–H groups in total. The fraction of sp³-hybridized carbons (Fsp3) is 0.643. The van der Waals surface area contributed by atoms with Gasteiger partial charge in [-0.25, -0.2) is 4.79 Å². The van der Waals surface area contributed by atoms with Gasteiger partial charge in [-0.05, 0) is 31.5 Å². The summed E-state index contributed by atoms with van der Waals surface area (Å²) in [5, 5.41) is 3.27. The maximum atomic E-state index is 11.3. The summed E-state index contributed by atoms with van der Waals surface area (Å²) in [6.45, 7) is 0. The lowest BCUT2D eigenvalue weighted by atomic mass is 9.97. The van der Waals surface area contributed by atoms with Gasteiger partial charge in [-0.15, -0.1) is 0 Å². The number of carbonyl (C=O) groups excluding carboxylic acids is 1. The van der Waals surface area contributed by atoms with Crippen LogP contribution in [0.5, 0.6) is 0 Å². The first kappa shape index (κ1) is 13.1. The molecule has 0 amide bonds. The van der Waals surface area contributed by atoms with Crippen LogP contribution in [-0.2, 0) is 4.74 Å². The molecule has 1 unspecified atom stereocenters. The molecule has 0 spiro atoms. The number of rotatable bonds is 5. The number of hydrogen-bond acceptors (Lipinski definition) is 4. The first-order chi connectivity index (χ1) is 8.74. The minimum atomic E-state index is -0.419. The Morgan fingerprint density at radius 1 is 1.50 bits per heavy atom. The Morgan fingerprint density at radius 3 is 2.83 bits per heavy atom. The average molecular weight is 251 g/mol. The third kappa shape index (κ3) is 2.93. The van der Waals surface area contributed by atoms with E-state index in [1.165, 1.54) is 32.8 Å². The highest BCUT2D eigenvalue weighted by Gasteiger charge is 2.23. The van der Waals surface area contributed by atoms with Gasteiger partial charge in [-0.3, -0.25) is 0 Å². The summed E-state index contributed by atoms with van der Waals surface area (Å²) >= 11 is 0. The van der Waals surface area contributed by atoms with Crippen LogP contribution >= 0.6 is 0 Å². The van der Waals surface area contributed by atoms with Crippen LogP contribution in [0.15, 0.2) is 16.5 Å². The molecule has 18 heavy (non-hydrogen) atoms. The normalized spacial score (nSPS) is 17.9. The Bertz CT molecular complexity index is 393. The smallest absolute Gasteiger partial charge is 0.373 e. The van der Waals surface area contributed by atoms with E-state index in [-0.39, 0.29) is 11.8 Å². The van der Waals surface area contributed by atoms with Crippen LogP contribution in [0, 0.1) is 5.92 Å². The number of hydrogen-bond donors (Lipinski definition) is 1. The van der Waals surface area contributed by atoms with Crippen LogP contribution in [0.25, 0.3) is 0 Å². The molecule has 4 nitrogen and oxygen atoms in total. The molecular formula is C14H21NO3. The first-order valence-corrected chi connectivity index (χ1v) is 6.60. The van der Waals surface area contributed by atoms with Gasteiger partial charge in [0.15, 0.2) is 0 Å². The van der Waals surface area contributed by atoms with E-state index < -0.39 is 5.97 Å². The molecule has 1 heterocycles. The SMILES string of the molecule is CNC(CC1CCCC1)c1ccc(C(=O)OC)o1. The molecule has 1 aliphatic rings. The fourth-order valence-corrected chi connectivity index (χ4v) is 2.71. The van der Waals surface area contributed by atoms with E-state index >= 15 is 0 Å². The summed E-state index contributed by atoms with van der Waals surface area (Å²) in [6.07, 6.45) is 6.37. The lowest BCUT2D eigenvalue weighted by Gasteiger charge is -2.17. The molecule has 4 heteroatoms. The van der Waals surface area contributed by atoms with E-state index in [4.69, 9.17) is 4.42 Å². The van der Waals surface area contributed by atoms with Gasteiger partial charge in [0, 0.05) is 0 Å². The van der Waals surface area contributed by atoms with Crippen molar-refractivity contribution >= 4 is 5.97 Å². The van der Waals surface area contributed by atoms with Crippen molar-refractivity contribution in [1.29, 1.82) is 0 Å². The van der Waals surface area contributed by atoms with Crippen molar-refractivity contribution in [2.24, 2.45) is 5.92 Å². The molecule has 1 fully saturated rings. The van der Waals surface area contributed by atoms with Gasteiger partial charge in [0.2, 0.25) is 5.76 Å². The Labute approximate surface area is 108 Å². The molecule has 0 bridgehead atoms. The highest BCUT2D eigenvalue weighted by atomic mass is 16.5. The van der Waals surface area contributed by atoms with Gasteiger partial charge < -0.3 is 14.5 Å². The second kappa shape index (κ2) is 6.05. The molecule has 1 saturated carbocycles. The van der Waals surface area contributed by atoms with Gasteiger partial charge in [0.1, 0.15) is 5.76 Å². The van der Waals surface area contributed by atoms with Gasteiger partial charge in [-0.1, -0.05) is 25.7 Å². The summed E-state index contributed by atoms with van der Waals surface area (Å²) in [4.78, 5) is 11.3. The molecular weight excluding hydrogens is 230 g/mol. The van der Waals surface area contributed by atoms with Crippen molar-refractivity contribution in [3.05, 3.63) is 23.7 Å². The third-order valence-electron chi connectivity index (χ3n) is 3.75. The minimum absolute atomic E-state index is 0.187. The van der Waals surface area contributed by atoms with Crippen LogP contribution in [0.3, 0.4) is 0 Å². The molecule has 1 aromatic heterocycles. The second-order valence-electron chi connectivity index (χ2n) is 4.92. The molecule has 2 rings (SSSR count). The Kier molecular flexibility index (Phi) is 4.42. The average Bonchev–Trinajstić information content (AvgIpc) is 3.05. The number of methoxy groups -OCH3 is 1. The van der Waals surface area contributed by atoms with Gasteiger partial charge in [-0.2, -0.15) is 0 Å². The summed E-state index contributed by atoms with van der Waals surface area (Å²) in [5.41, 5.74) is 0. The Balaban J connectivity index is 2.02. The maximum absolute atomic E-state index is 11.3. The van der Waals surface area contributed by atoms with Gasteiger partial charge in [0.25, 0.3) is 0 Å². The quantitative estimate of drug-likeness (QED) is 0.817. The van der Waals surface area contributed by atoms with E-state index in [2.05, 4.69) is 10.1 Å². The van der Waals surface area contributed by atoms with Crippen molar-refractivity contribution in [3.63, 3.8) is 0 Å². The van der Waals surface area contributed by atoms with Crippen LogP contribution in [0.4, 0.5) is 0 Å². The lowest BCUT2D eigenvalue weighted by molar-refractivity contribution is 0.0561. The zero-order valence-corrected chi connectivity index (χ0v) is 11.1. The van der Waals surface area contributed by atoms with Crippen molar-refractivity contribution < 1.29 is 13.9 Å². The summed E-state index contributed by atoms with van der Waals surface area (Å²) in [5.74, 6) is 1.45. The van der Waals surface area contributed by atoms with E-state index in [0.29, 0.717) is 0 Å². The number of esters is 1. The molecule has 1 atom stereocenters. The maximum Gasteiger partial charge on any atom is 0.373 e.